The lowest BCUT2D eigenvalue weighted by Crippen LogP contribution is -2.44. The van der Waals surface area contributed by atoms with Crippen molar-refractivity contribution < 1.29 is 57.2 Å². The van der Waals surface area contributed by atoms with E-state index in [0.29, 0.717) is 88.8 Å². The highest BCUT2D eigenvalue weighted by Gasteiger charge is 2.70. The largest absolute Gasteiger partial charge is 0.462 e. The summed E-state index contributed by atoms with van der Waals surface area (Å²) in [6.45, 7) is 20.5. The van der Waals surface area contributed by atoms with Crippen LogP contribution >= 0.6 is 0 Å². The second-order valence-corrected chi connectivity index (χ2v) is 34.5. The summed E-state index contributed by atoms with van der Waals surface area (Å²) in [5.41, 5.74) is -1.02. The zero-order chi connectivity index (χ0) is 62.6. The first-order valence-electron chi connectivity index (χ1n) is 37.9. The molecule has 15 aliphatic rings. The quantitative estimate of drug-likeness (QED) is 0.0772. The molecule has 26 atom stereocenters. The van der Waals surface area contributed by atoms with Crippen LogP contribution in [0.15, 0.2) is 0 Å². The van der Waals surface area contributed by atoms with Crippen LogP contribution in [0.1, 0.15) is 313 Å². The Morgan fingerprint density at radius 2 is 0.674 bits per heavy atom. The Kier molecular flexibility index (Phi) is 25.8. The van der Waals surface area contributed by atoms with E-state index in [1.54, 1.807) is 0 Å². The zero-order valence-corrected chi connectivity index (χ0v) is 56.8. The molecule has 0 amide bonds. The molecule has 15 saturated carbocycles. The molecule has 12 heteroatoms. The van der Waals surface area contributed by atoms with Gasteiger partial charge >= 0.3 is 35.8 Å². The highest BCUT2D eigenvalue weighted by molar-refractivity contribution is 5.77. The second-order valence-electron chi connectivity index (χ2n) is 34.5. The van der Waals surface area contributed by atoms with Crippen LogP contribution in [0.5, 0.6) is 0 Å². The number of hydrogen-bond donors (Lipinski definition) is 0. The fourth-order valence-electron chi connectivity index (χ4n) is 24.7. The average Bonchev–Trinajstić information content (AvgIpc) is 1.56. The predicted molar refractivity (Wildman–Crippen MR) is 379 cm³/mol. The minimum Gasteiger partial charge on any atom is -0.462 e. The fraction of sp³-hybridized carbons (Fsp3) is 0.928. The minimum absolute atomic E-state index is 0. The first kappa shape index (κ1) is 79.1. The fourth-order valence-corrected chi connectivity index (χ4v) is 24.7. The van der Waals surface area contributed by atoms with Gasteiger partial charge < -0.3 is 28.4 Å². The lowest BCUT2D eigenvalue weighted by Gasteiger charge is -2.42. The molecule has 546 valence electrons. The van der Waals surface area contributed by atoms with Gasteiger partial charge in [0.2, 0.25) is 0 Å². The van der Waals surface area contributed by atoms with Gasteiger partial charge in [0.15, 0.2) is 0 Å². The van der Waals surface area contributed by atoms with Crippen molar-refractivity contribution in [2.45, 2.75) is 348 Å². The molecule has 0 heterocycles. The molecular formula is C83H142O12. The number of esters is 6. The molecule has 95 heavy (non-hydrogen) atoms. The van der Waals surface area contributed by atoms with Crippen LogP contribution in [0.3, 0.4) is 0 Å². The Bertz CT molecular complexity index is 2610. The SMILES string of the molecule is C.C.C.C.C.C.CCC(C)C(=O)OC1CC2CC1C1C3CC(CC3C(=O)OC3(C)CCCCC3)C21.CCC(C)C(=O)OC1CC2CC1C1C3CC(CC3C(=O)OC3(CC)CCCCC3)C21.CCC1(OC(=O)C2CC3CC2C2C4CC(CC4OC(=O)C(C)(C)CC)C32)CCCC1. The summed E-state index contributed by atoms with van der Waals surface area (Å²) in [6, 6.07) is 0. The van der Waals surface area contributed by atoms with Gasteiger partial charge in [0, 0.05) is 0 Å². The molecule has 0 N–H and O–H groups in total. The topological polar surface area (TPSA) is 158 Å². The van der Waals surface area contributed by atoms with E-state index < -0.39 is 5.41 Å². The molecule has 26 unspecified atom stereocenters. The molecule has 0 aliphatic heterocycles. The van der Waals surface area contributed by atoms with Crippen LogP contribution in [-0.4, -0.2) is 70.9 Å². The van der Waals surface area contributed by atoms with Crippen LogP contribution < -0.4 is 0 Å². The van der Waals surface area contributed by atoms with Gasteiger partial charge in [-0.1, -0.05) is 106 Å². The molecule has 15 fully saturated rings. The van der Waals surface area contributed by atoms with Crippen LogP contribution in [0.25, 0.3) is 0 Å². The molecule has 0 radical (unpaired) electrons. The second kappa shape index (κ2) is 31.0. The molecule has 0 saturated heterocycles. The van der Waals surface area contributed by atoms with Crippen LogP contribution in [-0.2, 0) is 57.2 Å². The van der Waals surface area contributed by atoms with Gasteiger partial charge in [0.25, 0.3) is 0 Å². The maximum atomic E-state index is 13.3. The van der Waals surface area contributed by atoms with Gasteiger partial charge in [-0.25, -0.2) is 0 Å². The van der Waals surface area contributed by atoms with E-state index in [0.717, 1.165) is 127 Å². The van der Waals surface area contributed by atoms with Crippen molar-refractivity contribution in [3.05, 3.63) is 0 Å². The Hall–Kier alpha value is -3.18. The van der Waals surface area contributed by atoms with Crippen LogP contribution in [0.4, 0.5) is 0 Å². The first-order valence-corrected chi connectivity index (χ1v) is 37.9. The highest BCUT2D eigenvalue weighted by atomic mass is 16.6. The van der Waals surface area contributed by atoms with Gasteiger partial charge in [0.1, 0.15) is 35.1 Å². The van der Waals surface area contributed by atoms with Crippen LogP contribution in [0, 0.1) is 142 Å². The van der Waals surface area contributed by atoms with Crippen LogP contribution in [0.2, 0.25) is 0 Å². The maximum Gasteiger partial charge on any atom is 0.311 e. The summed E-state index contributed by atoms with van der Waals surface area (Å²) in [5.74, 6) is 11.5. The Morgan fingerprint density at radius 3 is 1.00 bits per heavy atom. The summed E-state index contributed by atoms with van der Waals surface area (Å²) in [6.07, 6.45) is 34.0. The van der Waals surface area contributed by atoms with Gasteiger partial charge in [0.05, 0.1) is 35.0 Å². The lowest BCUT2D eigenvalue weighted by atomic mass is 9.66. The smallest absolute Gasteiger partial charge is 0.311 e. The van der Waals surface area contributed by atoms with Crippen molar-refractivity contribution in [2.24, 2.45) is 142 Å². The van der Waals surface area contributed by atoms with E-state index in [-0.39, 0.29) is 145 Å². The zero-order valence-electron chi connectivity index (χ0n) is 56.8. The lowest BCUT2D eigenvalue weighted by molar-refractivity contribution is -0.174. The molecule has 12 bridgehead atoms. The summed E-state index contributed by atoms with van der Waals surface area (Å²) in [7, 11) is 0. The van der Waals surface area contributed by atoms with Crippen molar-refractivity contribution in [2.75, 3.05) is 0 Å². The molecule has 12 nitrogen and oxygen atoms in total. The number of rotatable bonds is 17. The molecule has 15 aliphatic carbocycles. The Morgan fingerprint density at radius 1 is 0.379 bits per heavy atom. The van der Waals surface area contributed by atoms with Gasteiger partial charge in [-0.3, -0.25) is 28.8 Å². The number of fused-ring (bicyclic) bond motifs is 27. The van der Waals surface area contributed by atoms with Gasteiger partial charge in [-0.05, 0) is 313 Å². The summed E-state index contributed by atoms with van der Waals surface area (Å²) in [5, 5.41) is 0. The number of hydrogen-bond acceptors (Lipinski definition) is 12. The third-order valence-corrected chi connectivity index (χ3v) is 29.9. The molecule has 0 aromatic heterocycles. The van der Waals surface area contributed by atoms with Gasteiger partial charge in [-0.15, -0.1) is 0 Å². The van der Waals surface area contributed by atoms with Crippen molar-refractivity contribution >= 4 is 35.8 Å². The summed E-state index contributed by atoms with van der Waals surface area (Å²) < 4.78 is 36.8. The van der Waals surface area contributed by atoms with E-state index >= 15 is 0 Å². The molecule has 0 spiro atoms. The predicted octanol–water partition coefficient (Wildman–Crippen LogP) is 20.0. The van der Waals surface area contributed by atoms with E-state index in [4.69, 9.17) is 28.4 Å². The maximum absolute atomic E-state index is 13.3. The standard InChI is InChI=1S/2C26H40O4.C25H38O4.6CH4/c1-5-25(3,4)24(28)29-20-14-16-13-19(20)22-17-11-15(21(16)22)12-18(17)23(27)30-26(6-2)9-7-8-10-26;1-4-15(3)24(27)29-21-14-17-13-20(21)23-18-11-16(22(17)23)12-19(18)25(28)30-26(5-2)9-7-6-8-10-26;1-4-14(2)23(26)28-20-13-16-12-19(20)22-17-10-15(21(16)22)11-18(17)24(27)29-25(3)8-6-5-7-9-25;;;;;;/h15-22H,5-14H2,1-4H3;15-23H,4-14H2,1-3H3;14-22H,4-13H2,1-3H3;6*1H4. The first-order chi connectivity index (χ1) is 42.6. The van der Waals surface area contributed by atoms with Crippen molar-refractivity contribution in [1.82, 2.24) is 0 Å². The molecule has 0 aromatic carbocycles. The van der Waals surface area contributed by atoms with E-state index in [2.05, 4.69) is 27.7 Å². The number of carbonyl (C=O) groups is 6. The van der Waals surface area contributed by atoms with Crippen molar-refractivity contribution in [1.29, 1.82) is 0 Å². The normalized spacial score (nSPS) is 41.2. The van der Waals surface area contributed by atoms with E-state index in [1.807, 2.05) is 41.5 Å². The molecule has 0 aromatic rings. The highest BCUT2D eigenvalue weighted by Crippen LogP contribution is 2.72. The van der Waals surface area contributed by atoms with E-state index in [1.165, 1.54) is 89.9 Å². The monoisotopic (exact) mass is 1330 g/mol. The number of carbonyl (C=O) groups excluding carboxylic acids is 6. The van der Waals surface area contributed by atoms with Crippen molar-refractivity contribution in [3.8, 4) is 0 Å². The summed E-state index contributed by atoms with van der Waals surface area (Å²) >= 11 is 0. The molecule has 15 rings (SSSR count). The number of ether oxygens (including phenoxy) is 6. The van der Waals surface area contributed by atoms with Gasteiger partial charge in [-0.2, -0.15) is 0 Å². The third kappa shape index (κ3) is 14.3. The summed E-state index contributed by atoms with van der Waals surface area (Å²) in [4.78, 5) is 77.3. The Labute approximate surface area is 579 Å². The molecular weight excluding hydrogens is 1190 g/mol. The minimum atomic E-state index is -0.405. The van der Waals surface area contributed by atoms with E-state index in [9.17, 15) is 28.8 Å². The van der Waals surface area contributed by atoms with Crippen molar-refractivity contribution in [3.63, 3.8) is 0 Å². The average molecular weight is 1330 g/mol. The third-order valence-electron chi connectivity index (χ3n) is 29.9. The Balaban J connectivity index is 0.000000195.